The van der Waals surface area contributed by atoms with Gasteiger partial charge in [0.15, 0.2) is 11.5 Å². The van der Waals surface area contributed by atoms with E-state index in [0.717, 1.165) is 12.8 Å². The predicted molar refractivity (Wildman–Crippen MR) is 79.1 cm³/mol. The van der Waals surface area contributed by atoms with E-state index in [-0.39, 0.29) is 18.4 Å². The zero-order valence-electron chi connectivity index (χ0n) is 12.1. The summed E-state index contributed by atoms with van der Waals surface area (Å²) < 4.78 is 11.0. The van der Waals surface area contributed by atoms with Gasteiger partial charge in [-0.2, -0.15) is 0 Å². The molecule has 0 fully saturated rings. The lowest BCUT2D eigenvalue weighted by Crippen LogP contribution is -2.51. The molecule has 2 amide bonds. The van der Waals surface area contributed by atoms with Gasteiger partial charge in [-0.25, -0.2) is 0 Å². The van der Waals surface area contributed by atoms with Crippen molar-refractivity contribution in [1.82, 2.24) is 10.9 Å². The SMILES string of the molecule is O=C(C[C@@H]1C=CCC1)NNC(=O)[C@H]1COc2ccccc2O1. The molecule has 0 saturated heterocycles. The van der Waals surface area contributed by atoms with Crippen molar-refractivity contribution >= 4 is 11.8 Å². The predicted octanol–water partition coefficient (Wildman–Crippen LogP) is 1.33. The van der Waals surface area contributed by atoms with E-state index >= 15 is 0 Å². The van der Waals surface area contributed by atoms with Gasteiger partial charge in [0.05, 0.1) is 0 Å². The molecule has 0 spiro atoms. The molecule has 1 aromatic carbocycles. The fraction of sp³-hybridized carbons (Fsp3) is 0.375. The molecule has 0 bridgehead atoms. The molecule has 3 rings (SSSR count). The fourth-order valence-corrected chi connectivity index (χ4v) is 2.52. The molecule has 0 aromatic heterocycles. The highest BCUT2D eigenvalue weighted by Gasteiger charge is 2.27. The molecule has 2 aliphatic rings. The van der Waals surface area contributed by atoms with Crippen LogP contribution in [0.1, 0.15) is 19.3 Å². The minimum atomic E-state index is -0.776. The van der Waals surface area contributed by atoms with Crippen molar-refractivity contribution in [3.05, 3.63) is 36.4 Å². The van der Waals surface area contributed by atoms with Crippen LogP contribution < -0.4 is 20.3 Å². The summed E-state index contributed by atoms with van der Waals surface area (Å²) in [5, 5.41) is 0. The van der Waals surface area contributed by atoms with Gasteiger partial charge in [-0.3, -0.25) is 20.4 Å². The molecule has 1 aliphatic carbocycles. The van der Waals surface area contributed by atoms with Crippen LogP contribution >= 0.6 is 0 Å². The van der Waals surface area contributed by atoms with Crippen molar-refractivity contribution in [2.75, 3.05) is 6.61 Å². The number of allylic oxidation sites excluding steroid dienone is 2. The molecule has 0 unspecified atom stereocenters. The van der Waals surface area contributed by atoms with Crippen LogP contribution in [0, 0.1) is 5.92 Å². The number of benzene rings is 1. The summed E-state index contributed by atoms with van der Waals surface area (Å²) in [4.78, 5) is 23.8. The molecule has 6 heteroatoms. The molecule has 6 nitrogen and oxygen atoms in total. The van der Waals surface area contributed by atoms with Crippen molar-refractivity contribution in [2.24, 2.45) is 5.92 Å². The van der Waals surface area contributed by atoms with Crippen LogP contribution in [-0.2, 0) is 9.59 Å². The number of fused-ring (bicyclic) bond motifs is 1. The Hall–Kier alpha value is -2.50. The van der Waals surface area contributed by atoms with E-state index in [0.29, 0.717) is 17.9 Å². The van der Waals surface area contributed by atoms with E-state index < -0.39 is 12.0 Å². The lowest BCUT2D eigenvalue weighted by atomic mass is 10.1. The average molecular weight is 302 g/mol. The van der Waals surface area contributed by atoms with Crippen molar-refractivity contribution < 1.29 is 19.1 Å². The molecule has 1 aliphatic heterocycles. The molecule has 116 valence electrons. The molecule has 1 heterocycles. The number of carbonyl (C=O) groups excluding carboxylic acids is 2. The Kier molecular flexibility index (Phi) is 4.27. The van der Waals surface area contributed by atoms with Gasteiger partial charge < -0.3 is 9.47 Å². The molecular weight excluding hydrogens is 284 g/mol. The molecular formula is C16H18N2O4. The second-order valence-corrected chi connectivity index (χ2v) is 5.37. The van der Waals surface area contributed by atoms with Gasteiger partial charge in [-0.15, -0.1) is 0 Å². The van der Waals surface area contributed by atoms with Crippen LogP contribution in [0.3, 0.4) is 0 Å². The van der Waals surface area contributed by atoms with Gasteiger partial charge in [0.1, 0.15) is 6.61 Å². The summed E-state index contributed by atoms with van der Waals surface area (Å²) in [6.07, 6.45) is 5.70. The summed E-state index contributed by atoms with van der Waals surface area (Å²) >= 11 is 0. The van der Waals surface area contributed by atoms with Crippen LogP contribution in [0.15, 0.2) is 36.4 Å². The third-order valence-electron chi connectivity index (χ3n) is 3.69. The zero-order valence-corrected chi connectivity index (χ0v) is 12.1. The number of rotatable bonds is 3. The summed E-state index contributed by atoms with van der Waals surface area (Å²) in [6.45, 7) is 0.115. The molecule has 2 atom stereocenters. The maximum absolute atomic E-state index is 12.0. The number of hydrazine groups is 1. The zero-order chi connectivity index (χ0) is 15.4. The third kappa shape index (κ3) is 3.39. The monoisotopic (exact) mass is 302 g/mol. The number of hydrogen-bond acceptors (Lipinski definition) is 4. The first-order valence-corrected chi connectivity index (χ1v) is 7.36. The first-order chi connectivity index (χ1) is 10.7. The second kappa shape index (κ2) is 6.51. The van der Waals surface area contributed by atoms with Gasteiger partial charge in [-0.1, -0.05) is 24.3 Å². The highest BCUT2D eigenvalue weighted by Crippen LogP contribution is 2.30. The first-order valence-electron chi connectivity index (χ1n) is 7.36. The highest BCUT2D eigenvalue weighted by molar-refractivity contribution is 5.85. The summed E-state index contributed by atoms with van der Waals surface area (Å²) in [5.41, 5.74) is 4.81. The van der Waals surface area contributed by atoms with Crippen LogP contribution in [0.25, 0.3) is 0 Å². The number of nitrogens with one attached hydrogen (secondary N) is 2. The maximum Gasteiger partial charge on any atom is 0.283 e. The van der Waals surface area contributed by atoms with Gasteiger partial charge in [0.2, 0.25) is 12.0 Å². The lowest BCUT2D eigenvalue weighted by molar-refractivity contribution is -0.135. The smallest absolute Gasteiger partial charge is 0.283 e. The Bertz CT molecular complexity index is 600. The first kappa shape index (κ1) is 14.4. The number of carbonyl (C=O) groups is 2. The number of para-hydroxylation sites is 2. The van der Waals surface area contributed by atoms with Crippen molar-refractivity contribution in [1.29, 1.82) is 0 Å². The van der Waals surface area contributed by atoms with Gasteiger partial charge >= 0.3 is 0 Å². The topological polar surface area (TPSA) is 76.7 Å². The normalized spacial score (nSPS) is 22.2. The van der Waals surface area contributed by atoms with E-state index in [1.165, 1.54) is 0 Å². The largest absolute Gasteiger partial charge is 0.485 e. The Balaban J connectivity index is 1.46. The highest BCUT2D eigenvalue weighted by atomic mass is 16.6. The standard InChI is InChI=1S/C16H18N2O4/c19-15(9-11-5-1-2-6-11)17-18-16(20)14-10-21-12-7-3-4-8-13(12)22-14/h1,3-5,7-8,11,14H,2,6,9-10H2,(H,17,19)(H,18,20)/t11-,14-/m1/s1. The van der Waals surface area contributed by atoms with E-state index in [1.807, 2.05) is 12.1 Å². The van der Waals surface area contributed by atoms with Gasteiger partial charge in [-0.05, 0) is 30.9 Å². The molecule has 22 heavy (non-hydrogen) atoms. The van der Waals surface area contributed by atoms with Crippen LogP contribution in [0.2, 0.25) is 0 Å². The van der Waals surface area contributed by atoms with Gasteiger partial charge in [0, 0.05) is 6.42 Å². The molecule has 2 N–H and O–H groups in total. The number of amides is 2. The van der Waals surface area contributed by atoms with Crippen molar-refractivity contribution in [2.45, 2.75) is 25.4 Å². The quantitative estimate of drug-likeness (QED) is 0.652. The van der Waals surface area contributed by atoms with Crippen LogP contribution in [0.4, 0.5) is 0 Å². The second-order valence-electron chi connectivity index (χ2n) is 5.37. The summed E-state index contributed by atoms with van der Waals surface area (Å²) in [6, 6.07) is 7.15. The minimum Gasteiger partial charge on any atom is -0.485 e. The van der Waals surface area contributed by atoms with E-state index in [2.05, 4.69) is 16.9 Å². The Morgan fingerprint density at radius 3 is 2.77 bits per heavy atom. The Morgan fingerprint density at radius 1 is 1.18 bits per heavy atom. The van der Waals surface area contributed by atoms with Crippen molar-refractivity contribution in [3.8, 4) is 11.5 Å². The Labute approximate surface area is 128 Å². The molecule has 0 radical (unpaired) electrons. The average Bonchev–Trinajstić information content (AvgIpc) is 3.05. The number of ether oxygens (including phenoxy) is 2. The third-order valence-corrected chi connectivity index (χ3v) is 3.69. The fourth-order valence-electron chi connectivity index (χ4n) is 2.52. The van der Waals surface area contributed by atoms with Crippen LogP contribution in [-0.4, -0.2) is 24.5 Å². The van der Waals surface area contributed by atoms with Gasteiger partial charge in [0.25, 0.3) is 5.91 Å². The molecule has 1 aromatic rings. The Morgan fingerprint density at radius 2 is 2.00 bits per heavy atom. The minimum absolute atomic E-state index is 0.115. The van der Waals surface area contributed by atoms with E-state index in [4.69, 9.17) is 9.47 Å². The summed E-state index contributed by atoms with van der Waals surface area (Å²) in [5.74, 6) is 0.768. The van der Waals surface area contributed by atoms with E-state index in [9.17, 15) is 9.59 Å². The van der Waals surface area contributed by atoms with Crippen molar-refractivity contribution in [3.63, 3.8) is 0 Å². The number of hydrogen-bond donors (Lipinski definition) is 2. The summed E-state index contributed by atoms with van der Waals surface area (Å²) in [7, 11) is 0. The van der Waals surface area contributed by atoms with E-state index in [1.54, 1.807) is 18.2 Å². The maximum atomic E-state index is 12.0. The molecule has 0 saturated carbocycles. The lowest BCUT2D eigenvalue weighted by Gasteiger charge is -2.25. The van der Waals surface area contributed by atoms with Crippen LogP contribution in [0.5, 0.6) is 11.5 Å².